The van der Waals surface area contributed by atoms with Gasteiger partial charge in [-0.05, 0) is 35.8 Å². The molecule has 2 atom stereocenters. The summed E-state index contributed by atoms with van der Waals surface area (Å²) in [6.45, 7) is 1.74. The van der Waals surface area contributed by atoms with Crippen LogP contribution in [0, 0.1) is 0 Å². The Hall–Kier alpha value is -3.90. The molecule has 0 heterocycles. The van der Waals surface area contributed by atoms with E-state index in [1.54, 1.807) is 55.2 Å². The zero-order valence-electron chi connectivity index (χ0n) is 20.5. The van der Waals surface area contributed by atoms with Gasteiger partial charge in [0.2, 0.25) is 0 Å². The van der Waals surface area contributed by atoms with Crippen LogP contribution in [0.1, 0.15) is 23.1 Å². The Morgan fingerprint density at radius 1 is 0.838 bits per heavy atom. The Balaban J connectivity index is 1.53. The summed E-state index contributed by atoms with van der Waals surface area (Å²) in [7, 11) is -2.99. The van der Waals surface area contributed by atoms with Gasteiger partial charge in [0, 0.05) is 11.5 Å². The van der Waals surface area contributed by atoms with E-state index in [1.165, 1.54) is 0 Å². The summed E-state index contributed by atoms with van der Waals surface area (Å²) in [5.41, 5.74) is 2.30. The molecule has 37 heavy (non-hydrogen) atoms. The number of carbonyl (C=O) groups excluding carboxylic acids is 2. The molecule has 3 aromatic rings. The van der Waals surface area contributed by atoms with Crippen LogP contribution >= 0.6 is 7.14 Å². The van der Waals surface area contributed by atoms with Crippen molar-refractivity contribution in [1.29, 1.82) is 0 Å². The molecule has 0 aliphatic rings. The number of alkyl carbamates (subject to hydrolysis) is 1. The number of carbonyl (C=O) groups is 3. The largest absolute Gasteiger partial charge is 0.480 e. The monoisotopic (exact) mass is 523 g/mol. The van der Waals surface area contributed by atoms with Gasteiger partial charge in [0.05, 0.1) is 6.42 Å². The number of benzene rings is 3. The van der Waals surface area contributed by atoms with Crippen molar-refractivity contribution in [2.24, 2.45) is 0 Å². The van der Waals surface area contributed by atoms with E-state index in [1.807, 2.05) is 36.4 Å². The second-order valence-electron chi connectivity index (χ2n) is 8.70. The fraction of sp³-hybridized carbons (Fsp3) is 0.250. The minimum Gasteiger partial charge on any atom is -0.480 e. The van der Waals surface area contributed by atoms with Gasteiger partial charge in [-0.25, -0.2) is 9.59 Å². The maximum Gasteiger partial charge on any atom is 0.408 e. The summed E-state index contributed by atoms with van der Waals surface area (Å²) in [5, 5.41) is 12.4. The number of esters is 1. The molecule has 3 rings (SSSR count). The van der Waals surface area contributed by atoms with Gasteiger partial charge >= 0.3 is 18.0 Å². The van der Waals surface area contributed by atoms with Gasteiger partial charge < -0.3 is 24.5 Å². The van der Waals surface area contributed by atoms with Crippen LogP contribution in [-0.2, 0) is 43.3 Å². The number of hydrogen-bond donors (Lipinski definition) is 2. The first-order chi connectivity index (χ1) is 17.7. The van der Waals surface area contributed by atoms with Crippen molar-refractivity contribution in [3.8, 4) is 0 Å². The normalized spacial score (nSPS) is 13.1. The minimum absolute atomic E-state index is 0.00581. The standard InChI is InChI=1S/C28H30NO7P/c1-37(34,16-15-25(27(31)32)29-28(33)36-20-22-11-6-3-7-12-22)24-14-8-13-23(17-24)18-26(30)35-19-21-9-4-2-5-10-21/h2-14,17,25H,15-16,18-20H2,1H3,(H,29,33)(H,31,32). The van der Waals surface area contributed by atoms with Crippen molar-refractivity contribution in [2.75, 3.05) is 12.8 Å². The molecule has 0 fully saturated rings. The number of carboxylic acids is 1. The smallest absolute Gasteiger partial charge is 0.408 e. The summed E-state index contributed by atoms with van der Waals surface area (Å²) >= 11 is 0. The number of aliphatic carboxylic acids is 1. The van der Waals surface area contributed by atoms with Crippen LogP contribution in [0.3, 0.4) is 0 Å². The lowest BCUT2D eigenvalue weighted by atomic mass is 10.1. The molecular weight excluding hydrogens is 493 g/mol. The molecule has 1 amide bonds. The van der Waals surface area contributed by atoms with Crippen molar-refractivity contribution in [2.45, 2.75) is 32.1 Å². The molecule has 0 bridgehead atoms. The zero-order chi connectivity index (χ0) is 26.7. The highest BCUT2D eigenvalue weighted by Gasteiger charge is 2.26. The van der Waals surface area contributed by atoms with Gasteiger partial charge in [0.25, 0.3) is 0 Å². The summed E-state index contributed by atoms with van der Waals surface area (Å²) in [6.07, 6.45) is -0.844. The molecule has 9 heteroatoms. The van der Waals surface area contributed by atoms with Gasteiger partial charge in [-0.3, -0.25) is 4.79 Å². The molecule has 0 spiro atoms. The van der Waals surface area contributed by atoms with Gasteiger partial charge in [-0.1, -0.05) is 78.9 Å². The number of hydrogen-bond acceptors (Lipinski definition) is 6. The van der Waals surface area contributed by atoms with Crippen molar-refractivity contribution in [3.63, 3.8) is 0 Å². The lowest BCUT2D eigenvalue weighted by Crippen LogP contribution is -2.41. The molecule has 0 aromatic heterocycles. The first kappa shape index (κ1) is 27.7. The number of rotatable bonds is 12. The van der Waals surface area contributed by atoms with Crippen molar-refractivity contribution in [3.05, 3.63) is 102 Å². The first-order valence-electron chi connectivity index (χ1n) is 11.8. The SMILES string of the molecule is CP(=O)(CCC(NC(=O)OCc1ccccc1)C(=O)O)c1cccc(CC(=O)OCc2ccccc2)c1. The summed E-state index contributed by atoms with van der Waals surface area (Å²) in [4.78, 5) is 36.1. The molecule has 3 aromatic carbocycles. The fourth-order valence-electron chi connectivity index (χ4n) is 3.59. The van der Waals surface area contributed by atoms with E-state index in [2.05, 4.69) is 5.32 Å². The van der Waals surface area contributed by atoms with Gasteiger partial charge in [0.1, 0.15) is 26.4 Å². The van der Waals surface area contributed by atoms with E-state index in [9.17, 15) is 24.1 Å². The highest BCUT2D eigenvalue weighted by Crippen LogP contribution is 2.41. The third-order valence-electron chi connectivity index (χ3n) is 5.70. The third-order valence-corrected chi connectivity index (χ3v) is 8.18. The molecule has 194 valence electrons. The van der Waals surface area contributed by atoms with E-state index in [4.69, 9.17) is 9.47 Å². The Morgan fingerprint density at radius 3 is 2.00 bits per heavy atom. The fourth-order valence-corrected chi connectivity index (χ4v) is 5.43. The third kappa shape index (κ3) is 9.24. The van der Waals surface area contributed by atoms with E-state index in [0.717, 1.165) is 11.1 Å². The van der Waals surface area contributed by atoms with Crippen LogP contribution in [0.4, 0.5) is 4.79 Å². The topological polar surface area (TPSA) is 119 Å². The highest BCUT2D eigenvalue weighted by atomic mass is 31.2. The lowest BCUT2D eigenvalue weighted by molar-refractivity contribution is -0.144. The Morgan fingerprint density at radius 2 is 1.41 bits per heavy atom. The van der Waals surface area contributed by atoms with Crippen LogP contribution in [-0.4, -0.2) is 42.0 Å². The average molecular weight is 524 g/mol. The lowest BCUT2D eigenvalue weighted by Gasteiger charge is -2.19. The molecule has 0 saturated heterocycles. The van der Waals surface area contributed by atoms with Gasteiger partial charge in [0.15, 0.2) is 0 Å². The van der Waals surface area contributed by atoms with E-state index in [0.29, 0.717) is 10.9 Å². The summed E-state index contributed by atoms with van der Waals surface area (Å²) < 4.78 is 23.9. The minimum atomic E-state index is -2.99. The predicted octanol–water partition coefficient (Wildman–Crippen LogP) is 4.36. The molecule has 0 saturated carbocycles. The highest BCUT2D eigenvalue weighted by molar-refractivity contribution is 7.70. The van der Waals surface area contributed by atoms with Crippen LogP contribution < -0.4 is 10.6 Å². The number of carboxylic acid groups (broad SMARTS) is 1. The molecule has 8 nitrogen and oxygen atoms in total. The number of amides is 1. The summed E-state index contributed by atoms with van der Waals surface area (Å²) in [5.74, 6) is -1.65. The van der Waals surface area contributed by atoms with Crippen molar-refractivity contribution >= 4 is 30.5 Å². The average Bonchev–Trinajstić information content (AvgIpc) is 2.90. The molecule has 0 aliphatic heterocycles. The molecule has 0 aliphatic carbocycles. The molecule has 2 unspecified atom stereocenters. The Kier molecular flexibility index (Phi) is 10.0. The van der Waals surface area contributed by atoms with Crippen molar-refractivity contribution in [1.82, 2.24) is 5.32 Å². The van der Waals surface area contributed by atoms with E-state index < -0.39 is 31.2 Å². The molecule has 0 radical (unpaired) electrons. The molecule has 2 N–H and O–H groups in total. The molecular formula is C28H30NO7P. The van der Waals surface area contributed by atoms with Crippen molar-refractivity contribution < 1.29 is 33.5 Å². The maximum atomic E-state index is 13.4. The zero-order valence-corrected chi connectivity index (χ0v) is 21.4. The second-order valence-corrected chi connectivity index (χ2v) is 11.9. The van der Waals surface area contributed by atoms with E-state index in [-0.39, 0.29) is 32.2 Å². The van der Waals surface area contributed by atoms with E-state index >= 15 is 0 Å². The first-order valence-corrected chi connectivity index (χ1v) is 14.1. The van der Waals surface area contributed by atoms with Crippen LogP contribution in [0.25, 0.3) is 0 Å². The predicted molar refractivity (Wildman–Crippen MR) is 140 cm³/mol. The second kappa shape index (κ2) is 13.4. The van der Waals surface area contributed by atoms with Crippen LogP contribution in [0.15, 0.2) is 84.9 Å². The maximum absolute atomic E-state index is 13.4. The summed E-state index contributed by atoms with van der Waals surface area (Å²) in [6, 6.07) is 23.9. The quantitative estimate of drug-likeness (QED) is 0.267. The Labute approximate surface area is 216 Å². The van der Waals surface area contributed by atoms with Gasteiger partial charge in [-0.2, -0.15) is 0 Å². The van der Waals surface area contributed by atoms with Gasteiger partial charge in [-0.15, -0.1) is 0 Å². The number of ether oxygens (including phenoxy) is 2. The van der Waals surface area contributed by atoms with Crippen LogP contribution in [0.2, 0.25) is 0 Å². The van der Waals surface area contributed by atoms with Crippen LogP contribution in [0.5, 0.6) is 0 Å². The number of nitrogens with one attached hydrogen (secondary N) is 1. The Bertz CT molecular complexity index is 1250.